The number of aliphatic carboxylic acids is 2. The Kier molecular flexibility index (Phi) is 13.0. The molecular formula is C19H35N5O7. The molecule has 0 heterocycles. The van der Waals surface area contributed by atoms with E-state index in [1.54, 1.807) is 13.8 Å². The van der Waals surface area contributed by atoms with E-state index in [9.17, 15) is 24.0 Å². The number of hydrogen-bond donors (Lipinski definition) is 7. The fourth-order valence-electron chi connectivity index (χ4n) is 2.52. The number of hydrogen-bond acceptors (Lipinski definition) is 7. The van der Waals surface area contributed by atoms with Crippen LogP contribution in [0.3, 0.4) is 0 Å². The van der Waals surface area contributed by atoms with Crippen LogP contribution in [0.25, 0.3) is 0 Å². The van der Waals surface area contributed by atoms with Crippen LogP contribution < -0.4 is 27.4 Å². The van der Waals surface area contributed by atoms with Crippen molar-refractivity contribution in [2.24, 2.45) is 17.4 Å². The van der Waals surface area contributed by atoms with Crippen LogP contribution in [-0.4, -0.2) is 70.6 Å². The lowest BCUT2D eigenvalue weighted by atomic mass is 10.0. The van der Waals surface area contributed by atoms with Gasteiger partial charge in [-0.15, -0.1) is 0 Å². The van der Waals surface area contributed by atoms with Gasteiger partial charge in [-0.2, -0.15) is 0 Å². The van der Waals surface area contributed by atoms with Crippen molar-refractivity contribution in [2.45, 2.75) is 77.0 Å². The molecule has 0 rings (SSSR count). The predicted octanol–water partition coefficient (Wildman–Crippen LogP) is -1.48. The monoisotopic (exact) mass is 445 g/mol. The lowest BCUT2D eigenvalue weighted by molar-refractivity contribution is -0.141. The summed E-state index contributed by atoms with van der Waals surface area (Å²) in [5.74, 6) is -4.70. The second-order valence-corrected chi connectivity index (χ2v) is 7.68. The van der Waals surface area contributed by atoms with E-state index in [0.29, 0.717) is 19.4 Å². The van der Waals surface area contributed by atoms with Crippen molar-refractivity contribution in [3.05, 3.63) is 0 Å². The Morgan fingerprint density at radius 2 is 1.32 bits per heavy atom. The third-order valence-corrected chi connectivity index (χ3v) is 4.61. The zero-order valence-electron chi connectivity index (χ0n) is 18.2. The first-order valence-corrected chi connectivity index (χ1v) is 10.2. The number of nitrogens with two attached hydrogens (primary N) is 2. The van der Waals surface area contributed by atoms with Crippen molar-refractivity contribution in [1.82, 2.24) is 16.0 Å². The van der Waals surface area contributed by atoms with Crippen molar-refractivity contribution in [3.8, 4) is 0 Å². The van der Waals surface area contributed by atoms with Crippen LogP contribution in [0.5, 0.6) is 0 Å². The van der Waals surface area contributed by atoms with E-state index in [1.165, 1.54) is 6.92 Å². The highest BCUT2D eigenvalue weighted by Gasteiger charge is 2.30. The van der Waals surface area contributed by atoms with Crippen LogP contribution in [0.2, 0.25) is 0 Å². The highest BCUT2D eigenvalue weighted by Crippen LogP contribution is 2.06. The summed E-state index contributed by atoms with van der Waals surface area (Å²) in [7, 11) is 0. The Morgan fingerprint density at radius 1 is 0.806 bits per heavy atom. The second kappa shape index (κ2) is 14.3. The lowest BCUT2D eigenvalue weighted by Gasteiger charge is -2.25. The Morgan fingerprint density at radius 3 is 1.81 bits per heavy atom. The summed E-state index contributed by atoms with van der Waals surface area (Å²) in [5.41, 5.74) is 11.2. The maximum absolute atomic E-state index is 12.8. The summed E-state index contributed by atoms with van der Waals surface area (Å²) in [6.45, 7) is 5.09. The molecule has 0 aromatic heterocycles. The average molecular weight is 446 g/mol. The maximum Gasteiger partial charge on any atom is 0.325 e. The van der Waals surface area contributed by atoms with Crippen LogP contribution in [-0.2, 0) is 24.0 Å². The van der Waals surface area contributed by atoms with E-state index in [0.717, 1.165) is 0 Å². The first-order valence-electron chi connectivity index (χ1n) is 10.2. The number of carboxylic acids is 2. The molecule has 9 N–H and O–H groups in total. The summed E-state index contributed by atoms with van der Waals surface area (Å²) in [4.78, 5) is 59.5. The Hall–Kier alpha value is -2.73. The Balaban J connectivity index is 5.40. The minimum Gasteiger partial charge on any atom is -0.481 e. The Labute approximate surface area is 181 Å². The van der Waals surface area contributed by atoms with Crippen LogP contribution >= 0.6 is 0 Å². The van der Waals surface area contributed by atoms with E-state index in [-0.39, 0.29) is 18.8 Å². The van der Waals surface area contributed by atoms with Gasteiger partial charge in [-0.3, -0.25) is 24.0 Å². The number of rotatable bonds is 15. The van der Waals surface area contributed by atoms with Gasteiger partial charge < -0.3 is 37.6 Å². The molecule has 0 aromatic carbocycles. The molecule has 0 fully saturated rings. The number of amides is 3. The molecule has 0 bridgehead atoms. The van der Waals surface area contributed by atoms with Crippen molar-refractivity contribution < 1.29 is 34.2 Å². The van der Waals surface area contributed by atoms with Gasteiger partial charge in [0, 0.05) is 6.42 Å². The molecule has 0 saturated heterocycles. The van der Waals surface area contributed by atoms with Crippen molar-refractivity contribution in [3.63, 3.8) is 0 Å². The summed E-state index contributed by atoms with van der Waals surface area (Å²) >= 11 is 0. The van der Waals surface area contributed by atoms with E-state index < -0.39 is 60.2 Å². The van der Waals surface area contributed by atoms with Gasteiger partial charge in [0.2, 0.25) is 17.7 Å². The van der Waals surface area contributed by atoms with Gasteiger partial charge in [0.05, 0.1) is 6.04 Å². The molecule has 4 unspecified atom stereocenters. The molecule has 178 valence electrons. The molecular weight excluding hydrogens is 410 g/mol. The predicted molar refractivity (Wildman–Crippen MR) is 112 cm³/mol. The van der Waals surface area contributed by atoms with Gasteiger partial charge >= 0.3 is 11.9 Å². The van der Waals surface area contributed by atoms with Crippen molar-refractivity contribution in [1.29, 1.82) is 0 Å². The first-order chi connectivity index (χ1) is 14.4. The molecule has 0 aliphatic rings. The highest BCUT2D eigenvalue weighted by molar-refractivity contribution is 5.94. The third kappa shape index (κ3) is 11.3. The zero-order valence-corrected chi connectivity index (χ0v) is 18.2. The van der Waals surface area contributed by atoms with Gasteiger partial charge in [-0.05, 0) is 45.1 Å². The van der Waals surface area contributed by atoms with Crippen LogP contribution in [0.1, 0.15) is 52.9 Å². The topological polar surface area (TPSA) is 214 Å². The SMILES string of the molecule is CC(NC(=O)C(CCCCN)NC(=O)C(CCC(=O)O)NC(=O)C(N)C(C)C)C(=O)O. The number of unbranched alkanes of at least 4 members (excludes halogenated alkanes) is 1. The summed E-state index contributed by atoms with van der Waals surface area (Å²) < 4.78 is 0. The smallest absolute Gasteiger partial charge is 0.325 e. The normalized spacial score (nSPS) is 14.8. The fraction of sp³-hybridized carbons (Fsp3) is 0.737. The van der Waals surface area contributed by atoms with Crippen LogP contribution in [0.15, 0.2) is 0 Å². The van der Waals surface area contributed by atoms with E-state index in [4.69, 9.17) is 21.7 Å². The summed E-state index contributed by atoms with van der Waals surface area (Å²) in [6.07, 6.45) is 0.652. The van der Waals surface area contributed by atoms with Crippen LogP contribution in [0, 0.1) is 5.92 Å². The molecule has 0 radical (unpaired) electrons. The molecule has 0 aromatic rings. The van der Waals surface area contributed by atoms with Crippen molar-refractivity contribution >= 4 is 29.7 Å². The van der Waals surface area contributed by atoms with E-state index in [2.05, 4.69) is 16.0 Å². The van der Waals surface area contributed by atoms with E-state index in [1.807, 2.05) is 0 Å². The van der Waals surface area contributed by atoms with Gasteiger partial charge in [0.15, 0.2) is 0 Å². The maximum atomic E-state index is 12.8. The highest BCUT2D eigenvalue weighted by atomic mass is 16.4. The number of carbonyl (C=O) groups is 5. The van der Waals surface area contributed by atoms with E-state index >= 15 is 0 Å². The lowest BCUT2D eigenvalue weighted by Crippen LogP contribution is -2.57. The molecule has 12 heteroatoms. The molecule has 0 saturated carbocycles. The molecule has 4 atom stereocenters. The van der Waals surface area contributed by atoms with Gasteiger partial charge in [0.1, 0.15) is 18.1 Å². The number of nitrogens with one attached hydrogen (secondary N) is 3. The van der Waals surface area contributed by atoms with Gasteiger partial charge in [0.25, 0.3) is 0 Å². The Bertz CT molecular complexity index is 641. The third-order valence-electron chi connectivity index (χ3n) is 4.61. The first kappa shape index (κ1) is 28.3. The molecule has 31 heavy (non-hydrogen) atoms. The number of carbonyl (C=O) groups excluding carboxylic acids is 3. The zero-order chi connectivity index (χ0) is 24.1. The van der Waals surface area contributed by atoms with Crippen molar-refractivity contribution in [2.75, 3.05) is 6.54 Å². The molecule has 0 spiro atoms. The minimum atomic E-state index is -1.24. The second-order valence-electron chi connectivity index (χ2n) is 7.68. The molecule has 12 nitrogen and oxygen atoms in total. The fourth-order valence-corrected chi connectivity index (χ4v) is 2.52. The molecule has 0 aliphatic heterocycles. The molecule has 0 aliphatic carbocycles. The summed E-state index contributed by atoms with van der Waals surface area (Å²) in [6, 6.07) is -4.38. The molecule has 3 amide bonds. The van der Waals surface area contributed by atoms with Gasteiger partial charge in [-0.1, -0.05) is 13.8 Å². The number of carboxylic acid groups (broad SMARTS) is 2. The quantitative estimate of drug-likeness (QED) is 0.146. The standard InChI is InChI=1S/C19H35N5O7/c1-10(2)15(21)18(29)24-13(7-8-14(25)26)17(28)23-12(6-4-5-9-20)16(27)22-11(3)19(30)31/h10-13,15H,4-9,20-21H2,1-3H3,(H,22,27)(H,23,28)(H,24,29)(H,25,26)(H,30,31). The largest absolute Gasteiger partial charge is 0.481 e. The van der Waals surface area contributed by atoms with Crippen LogP contribution in [0.4, 0.5) is 0 Å². The minimum absolute atomic E-state index is 0.187. The average Bonchev–Trinajstić information content (AvgIpc) is 2.68. The van der Waals surface area contributed by atoms with Gasteiger partial charge in [-0.25, -0.2) is 0 Å². The summed E-state index contributed by atoms with van der Waals surface area (Å²) in [5, 5.41) is 25.1.